The standard InChI is InChI=1S/C10H19N3O/c1-3-11-7-9(1)2-4-12-10-8-14-6-5-13-10/h9,11H,1-8H2,(H,12,13). The van der Waals surface area contributed by atoms with Crippen LogP contribution in [0.5, 0.6) is 0 Å². The lowest BCUT2D eigenvalue weighted by atomic mass is 10.1. The molecule has 4 nitrogen and oxygen atoms in total. The van der Waals surface area contributed by atoms with Crippen molar-refractivity contribution >= 4 is 5.84 Å². The van der Waals surface area contributed by atoms with Crippen LogP contribution >= 0.6 is 0 Å². The van der Waals surface area contributed by atoms with Gasteiger partial charge >= 0.3 is 0 Å². The lowest BCUT2D eigenvalue weighted by molar-refractivity contribution is 0.168. The monoisotopic (exact) mass is 197 g/mol. The Balaban J connectivity index is 1.59. The van der Waals surface area contributed by atoms with Crippen LogP contribution in [-0.2, 0) is 4.74 Å². The minimum absolute atomic E-state index is 0.670. The molecule has 80 valence electrons. The molecule has 0 aliphatic carbocycles. The van der Waals surface area contributed by atoms with Gasteiger partial charge in [-0.25, -0.2) is 0 Å². The summed E-state index contributed by atoms with van der Waals surface area (Å²) in [7, 11) is 0. The second-order valence-electron chi connectivity index (χ2n) is 3.96. The molecule has 1 unspecified atom stereocenters. The van der Waals surface area contributed by atoms with E-state index in [1.165, 1.54) is 25.9 Å². The summed E-state index contributed by atoms with van der Waals surface area (Å²) in [6, 6.07) is 0. The van der Waals surface area contributed by atoms with Gasteiger partial charge in [0.15, 0.2) is 0 Å². The molecule has 1 saturated heterocycles. The van der Waals surface area contributed by atoms with E-state index in [0.29, 0.717) is 6.61 Å². The summed E-state index contributed by atoms with van der Waals surface area (Å²) in [6.45, 7) is 5.67. The molecule has 2 rings (SSSR count). The van der Waals surface area contributed by atoms with E-state index in [2.05, 4.69) is 15.6 Å². The Hall–Kier alpha value is -0.610. The van der Waals surface area contributed by atoms with Gasteiger partial charge in [-0.1, -0.05) is 0 Å². The first-order valence-electron chi connectivity index (χ1n) is 5.51. The molecule has 1 atom stereocenters. The topological polar surface area (TPSA) is 45.6 Å². The first kappa shape index (κ1) is 9.93. The molecular formula is C10H19N3O. The van der Waals surface area contributed by atoms with Crippen LogP contribution in [0.4, 0.5) is 0 Å². The number of hydrogen-bond donors (Lipinski definition) is 2. The normalized spacial score (nSPS) is 27.4. The van der Waals surface area contributed by atoms with Crippen molar-refractivity contribution in [2.75, 3.05) is 39.4 Å². The summed E-state index contributed by atoms with van der Waals surface area (Å²) < 4.78 is 5.30. The molecule has 0 aromatic rings. The first-order valence-corrected chi connectivity index (χ1v) is 5.51. The minimum atomic E-state index is 0.670. The fraction of sp³-hybridized carbons (Fsp3) is 0.900. The SMILES string of the molecule is C1COCC(NCCC2CCNC2)=N1. The molecule has 0 radical (unpaired) electrons. The van der Waals surface area contributed by atoms with Gasteiger partial charge in [-0.2, -0.15) is 0 Å². The van der Waals surface area contributed by atoms with Crippen molar-refractivity contribution in [2.24, 2.45) is 10.9 Å². The molecular weight excluding hydrogens is 178 g/mol. The van der Waals surface area contributed by atoms with Crippen molar-refractivity contribution in [2.45, 2.75) is 12.8 Å². The van der Waals surface area contributed by atoms with E-state index in [-0.39, 0.29) is 0 Å². The van der Waals surface area contributed by atoms with Gasteiger partial charge in [0.2, 0.25) is 0 Å². The number of nitrogens with zero attached hydrogens (tertiary/aromatic N) is 1. The van der Waals surface area contributed by atoms with Crippen molar-refractivity contribution in [1.82, 2.24) is 10.6 Å². The zero-order valence-electron chi connectivity index (χ0n) is 8.59. The van der Waals surface area contributed by atoms with Crippen molar-refractivity contribution in [3.63, 3.8) is 0 Å². The highest BCUT2D eigenvalue weighted by Gasteiger charge is 2.14. The third-order valence-electron chi connectivity index (χ3n) is 2.82. The number of amidine groups is 1. The van der Waals surface area contributed by atoms with Crippen LogP contribution in [0.1, 0.15) is 12.8 Å². The Bertz CT molecular complexity index is 200. The summed E-state index contributed by atoms with van der Waals surface area (Å²) in [4.78, 5) is 4.36. The molecule has 0 amide bonds. The van der Waals surface area contributed by atoms with Crippen molar-refractivity contribution in [3.05, 3.63) is 0 Å². The summed E-state index contributed by atoms with van der Waals surface area (Å²) >= 11 is 0. The average Bonchev–Trinajstić information content (AvgIpc) is 2.72. The quantitative estimate of drug-likeness (QED) is 0.669. The minimum Gasteiger partial charge on any atom is -0.372 e. The maximum atomic E-state index is 5.30. The fourth-order valence-electron chi connectivity index (χ4n) is 1.95. The van der Waals surface area contributed by atoms with Crippen molar-refractivity contribution < 1.29 is 4.74 Å². The molecule has 2 aliphatic heterocycles. The summed E-state index contributed by atoms with van der Waals surface area (Å²) in [6.07, 6.45) is 2.57. The van der Waals surface area contributed by atoms with Crippen molar-refractivity contribution in [3.8, 4) is 0 Å². The summed E-state index contributed by atoms with van der Waals surface area (Å²) in [5.41, 5.74) is 0. The first-order chi connectivity index (χ1) is 6.95. The van der Waals surface area contributed by atoms with Crippen LogP contribution < -0.4 is 10.6 Å². The maximum Gasteiger partial charge on any atom is 0.123 e. The van der Waals surface area contributed by atoms with E-state index in [1.54, 1.807) is 0 Å². The van der Waals surface area contributed by atoms with Gasteiger partial charge < -0.3 is 15.4 Å². The van der Waals surface area contributed by atoms with E-state index >= 15 is 0 Å². The Morgan fingerprint density at radius 3 is 3.29 bits per heavy atom. The lowest BCUT2D eigenvalue weighted by Gasteiger charge is -2.15. The predicted molar refractivity (Wildman–Crippen MR) is 56.7 cm³/mol. The molecule has 1 fully saturated rings. The summed E-state index contributed by atoms with van der Waals surface area (Å²) in [5.74, 6) is 1.88. The Morgan fingerprint density at radius 2 is 2.57 bits per heavy atom. The van der Waals surface area contributed by atoms with Gasteiger partial charge in [0.1, 0.15) is 12.4 Å². The molecule has 2 aliphatic rings. The highest BCUT2D eigenvalue weighted by atomic mass is 16.5. The highest BCUT2D eigenvalue weighted by molar-refractivity contribution is 5.83. The largest absolute Gasteiger partial charge is 0.372 e. The summed E-state index contributed by atoms with van der Waals surface area (Å²) in [5, 5.41) is 6.72. The molecule has 0 saturated carbocycles. The second kappa shape index (κ2) is 5.32. The average molecular weight is 197 g/mol. The van der Waals surface area contributed by atoms with E-state index in [1.807, 2.05) is 0 Å². The van der Waals surface area contributed by atoms with Crippen LogP contribution in [0.25, 0.3) is 0 Å². The Kier molecular flexibility index (Phi) is 3.77. The van der Waals surface area contributed by atoms with E-state index < -0.39 is 0 Å². The Morgan fingerprint density at radius 1 is 1.57 bits per heavy atom. The molecule has 0 aromatic carbocycles. The number of ether oxygens (including phenoxy) is 1. The van der Waals surface area contributed by atoms with E-state index in [9.17, 15) is 0 Å². The van der Waals surface area contributed by atoms with E-state index in [0.717, 1.165) is 31.4 Å². The molecule has 2 N–H and O–H groups in total. The number of nitrogens with one attached hydrogen (secondary N) is 2. The number of aliphatic imine (C=N–C) groups is 1. The molecule has 2 heterocycles. The van der Waals surface area contributed by atoms with Crippen molar-refractivity contribution in [1.29, 1.82) is 0 Å². The van der Waals surface area contributed by atoms with Crippen LogP contribution in [0.15, 0.2) is 4.99 Å². The fourth-order valence-corrected chi connectivity index (χ4v) is 1.95. The van der Waals surface area contributed by atoms with Gasteiger partial charge in [0, 0.05) is 6.54 Å². The second-order valence-corrected chi connectivity index (χ2v) is 3.96. The zero-order valence-corrected chi connectivity index (χ0v) is 8.59. The smallest absolute Gasteiger partial charge is 0.123 e. The van der Waals surface area contributed by atoms with Crippen LogP contribution in [0.3, 0.4) is 0 Å². The molecule has 0 spiro atoms. The zero-order chi connectivity index (χ0) is 9.64. The van der Waals surface area contributed by atoms with Gasteiger partial charge in [-0.15, -0.1) is 0 Å². The lowest BCUT2D eigenvalue weighted by Crippen LogP contribution is -2.33. The molecule has 0 aromatic heterocycles. The van der Waals surface area contributed by atoms with Crippen LogP contribution in [0, 0.1) is 5.92 Å². The predicted octanol–water partition coefficient (Wildman–Crippen LogP) is 0.00430. The highest BCUT2D eigenvalue weighted by Crippen LogP contribution is 2.10. The number of hydrogen-bond acceptors (Lipinski definition) is 4. The van der Waals surface area contributed by atoms with Gasteiger partial charge in [0.25, 0.3) is 0 Å². The molecule has 14 heavy (non-hydrogen) atoms. The van der Waals surface area contributed by atoms with Gasteiger partial charge in [-0.3, -0.25) is 4.99 Å². The maximum absolute atomic E-state index is 5.30. The molecule has 0 bridgehead atoms. The van der Waals surface area contributed by atoms with Crippen LogP contribution in [0.2, 0.25) is 0 Å². The van der Waals surface area contributed by atoms with Gasteiger partial charge in [-0.05, 0) is 31.8 Å². The third kappa shape index (κ3) is 2.96. The van der Waals surface area contributed by atoms with Crippen LogP contribution in [-0.4, -0.2) is 45.2 Å². The third-order valence-corrected chi connectivity index (χ3v) is 2.82. The van der Waals surface area contributed by atoms with Gasteiger partial charge in [0.05, 0.1) is 13.2 Å². The molecule has 4 heteroatoms. The number of rotatable bonds is 3. The Labute approximate surface area is 85.1 Å². The van der Waals surface area contributed by atoms with E-state index in [4.69, 9.17) is 4.74 Å².